The van der Waals surface area contributed by atoms with Gasteiger partial charge in [-0.15, -0.1) is 0 Å². The third-order valence-electron chi connectivity index (χ3n) is 2.45. The highest BCUT2D eigenvalue weighted by atomic mass is 16.5. The number of aliphatic imine (C=N–C) groups is 1. The van der Waals surface area contributed by atoms with E-state index in [9.17, 15) is 4.79 Å². The van der Waals surface area contributed by atoms with Crippen LogP contribution in [0.4, 0.5) is 0 Å². The molecular formula is C12H19NO4. The fourth-order valence-corrected chi connectivity index (χ4v) is 1.50. The van der Waals surface area contributed by atoms with Crippen molar-refractivity contribution in [3.63, 3.8) is 0 Å². The van der Waals surface area contributed by atoms with Crippen LogP contribution in [0.2, 0.25) is 0 Å². The first-order chi connectivity index (χ1) is 8.13. The normalized spacial score (nSPS) is 19.2. The van der Waals surface area contributed by atoms with Gasteiger partial charge in [-0.3, -0.25) is 4.99 Å². The summed E-state index contributed by atoms with van der Waals surface area (Å²) in [5, 5.41) is 0. The predicted octanol–water partition coefficient (Wildman–Crippen LogP) is 1.33. The van der Waals surface area contributed by atoms with Gasteiger partial charge in [-0.25, -0.2) is 4.79 Å². The summed E-state index contributed by atoms with van der Waals surface area (Å²) in [6, 6.07) is 0. The largest absolute Gasteiger partial charge is 0.465 e. The molecule has 0 saturated carbocycles. The van der Waals surface area contributed by atoms with E-state index in [-0.39, 0.29) is 17.9 Å². The number of hydrogen-bond acceptors (Lipinski definition) is 5. The summed E-state index contributed by atoms with van der Waals surface area (Å²) in [5.41, 5.74) is 0.218. The van der Waals surface area contributed by atoms with Crippen LogP contribution >= 0.6 is 0 Å². The van der Waals surface area contributed by atoms with Crippen molar-refractivity contribution < 1.29 is 19.0 Å². The van der Waals surface area contributed by atoms with Gasteiger partial charge >= 0.3 is 5.97 Å². The van der Waals surface area contributed by atoms with Crippen LogP contribution in [0.3, 0.4) is 0 Å². The number of carbonyl (C=O) groups excluding carboxylic acids is 1. The Morgan fingerprint density at radius 1 is 1.53 bits per heavy atom. The lowest BCUT2D eigenvalue weighted by Gasteiger charge is -2.24. The van der Waals surface area contributed by atoms with Gasteiger partial charge in [0.2, 0.25) is 0 Å². The van der Waals surface area contributed by atoms with E-state index in [2.05, 4.69) is 16.3 Å². The Morgan fingerprint density at radius 2 is 2.18 bits per heavy atom. The van der Waals surface area contributed by atoms with Gasteiger partial charge in [0.1, 0.15) is 6.23 Å². The van der Waals surface area contributed by atoms with Crippen molar-refractivity contribution in [2.45, 2.75) is 32.1 Å². The van der Waals surface area contributed by atoms with E-state index in [1.54, 1.807) is 0 Å². The zero-order valence-corrected chi connectivity index (χ0v) is 10.3. The molecule has 17 heavy (non-hydrogen) atoms. The van der Waals surface area contributed by atoms with Gasteiger partial charge < -0.3 is 14.2 Å². The van der Waals surface area contributed by atoms with Crippen molar-refractivity contribution in [3.05, 3.63) is 12.2 Å². The molecule has 96 valence electrons. The first-order valence-corrected chi connectivity index (χ1v) is 5.67. The van der Waals surface area contributed by atoms with Crippen LogP contribution in [0.15, 0.2) is 17.1 Å². The van der Waals surface area contributed by atoms with Gasteiger partial charge in [0.25, 0.3) is 0 Å². The zero-order chi connectivity index (χ0) is 12.7. The average molecular weight is 241 g/mol. The smallest absolute Gasteiger partial charge is 0.338 e. The van der Waals surface area contributed by atoms with Crippen LogP contribution in [0.25, 0.3) is 0 Å². The Morgan fingerprint density at radius 3 is 2.76 bits per heavy atom. The number of nitrogens with zero attached hydrogens (tertiary/aromatic N) is 1. The Labute approximate surface area is 101 Å². The molecule has 0 aromatic carbocycles. The summed E-state index contributed by atoms with van der Waals surface area (Å²) >= 11 is 0. The van der Waals surface area contributed by atoms with Crippen molar-refractivity contribution in [2.75, 3.05) is 20.3 Å². The molecule has 1 saturated heterocycles. The van der Waals surface area contributed by atoms with Crippen LogP contribution in [0.5, 0.6) is 0 Å². The Balaban J connectivity index is 2.32. The molecular weight excluding hydrogens is 222 g/mol. The molecule has 0 bridgehead atoms. The molecule has 0 aliphatic carbocycles. The summed E-state index contributed by atoms with van der Waals surface area (Å²) in [7, 11) is 1.31. The number of carbonyl (C=O) groups is 1. The molecule has 0 radical (unpaired) electrons. The minimum atomic E-state index is -0.480. The summed E-state index contributed by atoms with van der Waals surface area (Å²) in [6.07, 6.45) is 3.05. The average Bonchev–Trinajstić information content (AvgIpc) is 2.36. The molecule has 1 aliphatic heterocycles. The standard InChI is InChI=1S/C12H19NO4/c1-9(12(14)15-3)8-13-10(2)17-11-4-6-16-7-5-11/h8,10-11H,1,4-7H2,2-3H3. The van der Waals surface area contributed by atoms with E-state index in [4.69, 9.17) is 9.47 Å². The number of methoxy groups -OCH3 is 1. The molecule has 1 fully saturated rings. The third kappa shape index (κ3) is 5.10. The van der Waals surface area contributed by atoms with Gasteiger partial charge in [-0.1, -0.05) is 6.58 Å². The fraction of sp³-hybridized carbons (Fsp3) is 0.667. The summed E-state index contributed by atoms with van der Waals surface area (Å²) < 4.78 is 15.4. The van der Waals surface area contributed by atoms with E-state index in [1.807, 2.05) is 6.92 Å². The van der Waals surface area contributed by atoms with Gasteiger partial charge in [0.05, 0.1) is 18.8 Å². The molecule has 0 amide bonds. The highest BCUT2D eigenvalue weighted by Crippen LogP contribution is 2.13. The minimum Gasteiger partial charge on any atom is -0.465 e. The second-order valence-corrected chi connectivity index (χ2v) is 3.84. The molecule has 1 aliphatic rings. The fourth-order valence-electron chi connectivity index (χ4n) is 1.50. The molecule has 1 rings (SSSR count). The zero-order valence-electron chi connectivity index (χ0n) is 10.3. The van der Waals surface area contributed by atoms with Crippen molar-refractivity contribution in [1.29, 1.82) is 0 Å². The molecule has 1 unspecified atom stereocenters. The van der Waals surface area contributed by atoms with E-state index in [0.717, 1.165) is 26.1 Å². The van der Waals surface area contributed by atoms with E-state index < -0.39 is 5.97 Å². The summed E-state index contributed by atoms with van der Waals surface area (Å²) in [4.78, 5) is 15.1. The third-order valence-corrected chi connectivity index (χ3v) is 2.45. The molecule has 1 atom stereocenters. The van der Waals surface area contributed by atoms with Crippen LogP contribution in [0.1, 0.15) is 19.8 Å². The monoisotopic (exact) mass is 241 g/mol. The van der Waals surface area contributed by atoms with Gasteiger partial charge in [-0.05, 0) is 19.8 Å². The molecule has 0 N–H and O–H groups in total. The van der Waals surface area contributed by atoms with E-state index in [0.29, 0.717) is 0 Å². The SMILES string of the molecule is C=C(C=NC(C)OC1CCOCC1)C(=O)OC. The lowest BCUT2D eigenvalue weighted by Crippen LogP contribution is -2.26. The van der Waals surface area contributed by atoms with Crippen molar-refractivity contribution >= 4 is 12.2 Å². The number of rotatable bonds is 5. The maximum Gasteiger partial charge on any atom is 0.338 e. The van der Waals surface area contributed by atoms with Crippen LogP contribution in [0, 0.1) is 0 Å². The molecule has 5 nitrogen and oxygen atoms in total. The number of ether oxygens (including phenoxy) is 3. The second-order valence-electron chi connectivity index (χ2n) is 3.84. The quantitative estimate of drug-likeness (QED) is 0.414. The Bertz CT molecular complexity index is 295. The molecule has 0 spiro atoms. The molecule has 1 heterocycles. The first-order valence-electron chi connectivity index (χ1n) is 5.67. The van der Waals surface area contributed by atoms with E-state index >= 15 is 0 Å². The number of hydrogen-bond donors (Lipinski definition) is 0. The van der Waals surface area contributed by atoms with Crippen LogP contribution in [-0.4, -0.2) is 44.8 Å². The van der Waals surface area contributed by atoms with Crippen molar-refractivity contribution in [3.8, 4) is 0 Å². The number of esters is 1. The van der Waals surface area contributed by atoms with Gasteiger partial charge in [0, 0.05) is 19.4 Å². The van der Waals surface area contributed by atoms with Crippen molar-refractivity contribution in [1.82, 2.24) is 0 Å². The lowest BCUT2D eigenvalue weighted by molar-refractivity contribution is -0.135. The van der Waals surface area contributed by atoms with Gasteiger partial charge in [-0.2, -0.15) is 0 Å². The van der Waals surface area contributed by atoms with Crippen molar-refractivity contribution in [2.24, 2.45) is 4.99 Å². The predicted molar refractivity (Wildman–Crippen MR) is 64.0 cm³/mol. The molecule has 5 heteroatoms. The molecule has 0 aromatic heterocycles. The van der Waals surface area contributed by atoms with E-state index in [1.165, 1.54) is 13.3 Å². The lowest BCUT2D eigenvalue weighted by atomic mass is 10.1. The topological polar surface area (TPSA) is 57.1 Å². The molecule has 0 aromatic rings. The minimum absolute atomic E-state index is 0.183. The highest BCUT2D eigenvalue weighted by Gasteiger charge is 2.16. The maximum atomic E-state index is 11.0. The van der Waals surface area contributed by atoms with Crippen LogP contribution in [-0.2, 0) is 19.0 Å². The Hall–Kier alpha value is -1.20. The summed E-state index contributed by atoms with van der Waals surface area (Å²) in [6.45, 7) is 6.84. The summed E-state index contributed by atoms with van der Waals surface area (Å²) in [5.74, 6) is -0.480. The maximum absolute atomic E-state index is 11.0. The highest BCUT2D eigenvalue weighted by molar-refractivity contribution is 6.08. The van der Waals surface area contributed by atoms with Gasteiger partial charge in [0.15, 0.2) is 0 Å². The Kier molecular flexibility index (Phi) is 5.86. The first kappa shape index (κ1) is 13.9. The van der Waals surface area contributed by atoms with Crippen LogP contribution < -0.4 is 0 Å². The second kappa shape index (κ2) is 7.19.